The second-order valence-corrected chi connectivity index (χ2v) is 6.55. The number of aliphatic hydroxyl groups excluding tert-OH is 1. The third-order valence-electron chi connectivity index (χ3n) is 4.57. The summed E-state index contributed by atoms with van der Waals surface area (Å²) in [6, 6.07) is 5.46. The van der Waals surface area contributed by atoms with Crippen molar-refractivity contribution in [1.29, 1.82) is 0 Å². The van der Waals surface area contributed by atoms with Gasteiger partial charge >= 0.3 is 6.61 Å². The molecule has 28 heavy (non-hydrogen) atoms. The zero-order valence-corrected chi connectivity index (χ0v) is 15.7. The number of hydrogen-bond donors (Lipinski definition) is 2. The Bertz CT molecular complexity index is 717. The molecule has 1 aromatic rings. The molecule has 0 spiro atoms. The second-order valence-electron chi connectivity index (χ2n) is 6.55. The van der Waals surface area contributed by atoms with Crippen LogP contribution in [0.3, 0.4) is 0 Å². The first-order chi connectivity index (χ1) is 13.4. The largest absolute Gasteiger partial charge is 0.435 e. The topological polar surface area (TPSA) is 61.8 Å². The number of hydrogen-bond acceptors (Lipinski definition) is 4. The molecule has 1 aliphatic heterocycles. The molecule has 0 aromatic heterocycles. The molecule has 1 aliphatic rings. The Kier molecular flexibility index (Phi) is 8.35. The third-order valence-corrected chi connectivity index (χ3v) is 4.57. The van der Waals surface area contributed by atoms with E-state index in [1.165, 1.54) is 29.8 Å². The number of ether oxygens (including phenoxy) is 1. The van der Waals surface area contributed by atoms with Gasteiger partial charge in [0, 0.05) is 31.7 Å². The van der Waals surface area contributed by atoms with E-state index in [-0.39, 0.29) is 11.7 Å². The molecule has 0 saturated carbocycles. The van der Waals surface area contributed by atoms with Gasteiger partial charge in [-0.1, -0.05) is 25.3 Å². The SMILES string of the molecule is C=CC1=C(C=C)CN(CC(O)CCNC(=O)c2ccc(OC(F)F)cc2)CC1. The van der Waals surface area contributed by atoms with Gasteiger partial charge in [-0.3, -0.25) is 9.69 Å². The van der Waals surface area contributed by atoms with Crippen molar-refractivity contribution in [3.05, 3.63) is 66.3 Å². The number of amides is 1. The van der Waals surface area contributed by atoms with Gasteiger partial charge in [0.05, 0.1) is 6.10 Å². The molecule has 2 N–H and O–H groups in total. The van der Waals surface area contributed by atoms with Gasteiger partial charge in [-0.15, -0.1) is 0 Å². The normalized spacial score (nSPS) is 16.0. The van der Waals surface area contributed by atoms with Gasteiger partial charge in [-0.25, -0.2) is 0 Å². The van der Waals surface area contributed by atoms with E-state index in [0.717, 1.165) is 25.1 Å². The van der Waals surface area contributed by atoms with Crippen molar-refractivity contribution in [2.45, 2.75) is 25.6 Å². The number of allylic oxidation sites excluding steroid dienone is 1. The maximum Gasteiger partial charge on any atom is 0.387 e. The number of alkyl halides is 2. The lowest BCUT2D eigenvalue weighted by atomic mass is 9.99. The Morgan fingerprint density at radius 3 is 2.54 bits per heavy atom. The molecular weight excluding hydrogens is 366 g/mol. The molecule has 0 bridgehead atoms. The van der Waals surface area contributed by atoms with Gasteiger partial charge in [-0.05, 0) is 48.3 Å². The number of β-amino-alcohol motifs (C(OH)–C–C–N with tert-alkyl or cyclic N) is 1. The highest BCUT2D eigenvalue weighted by Gasteiger charge is 2.18. The van der Waals surface area contributed by atoms with E-state index in [0.29, 0.717) is 25.1 Å². The monoisotopic (exact) mass is 392 g/mol. The number of rotatable bonds is 10. The third kappa shape index (κ3) is 6.58. The summed E-state index contributed by atoms with van der Waals surface area (Å²) in [5.41, 5.74) is 2.66. The van der Waals surface area contributed by atoms with E-state index in [1.54, 1.807) is 0 Å². The molecule has 7 heteroatoms. The zero-order chi connectivity index (χ0) is 20.5. The van der Waals surface area contributed by atoms with Crippen LogP contribution in [-0.2, 0) is 0 Å². The summed E-state index contributed by atoms with van der Waals surface area (Å²) in [6.45, 7) is 7.13. The number of nitrogens with zero attached hydrogens (tertiary/aromatic N) is 1. The fraction of sp³-hybridized carbons (Fsp3) is 0.381. The van der Waals surface area contributed by atoms with Crippen molar-refractivity contribution in [1.82, 2.24) is 10.2 Å². The fourth-order valence-corrected chi connectivity index (χ4v) is 3.08. The van der Waals surface area contributed by atoms with Crippen LogP contribution >= 0.6 is 0 Å². The molecule has 1 aromatic carbocycles. The second kappa shape index (κ2) is 10.7. The van der Waals surface area contributed by atoms with E-state index < -0.39 is 12.7 Å². The number of halogens is 2. The van der Waals surface area contributed by atoms with Gasteiger partial charge < -0.3 is 15.2 Å². The fourth-order valence-electron chi connectivity index (χ4n) is 3.08. The van der Waals surface area contributed by atoms with Gasteiger partial charge in [-0.2, -0.15) is 8.78 Å². The molecule has 1 amide bonds. The Morgan fingerprint density at radius 2 is 1.93 bits per heavy atom. The van der Waals surface area contributed by atoms with Crippen molar-refractivity contribution in [2.75, 3.05) is 26.2 Å². The smallest absolute Gasteiger partial charge is 0.387 e. The first-order valence-corrected chi connectivity index (χ1v) is 9.13. The molecule has 1 heterocycles. The van der Waals surface area contributed by atoms with E-state index in [2.05, 4.69) is 28.1 Å². The van der Waals surface area contributed by atoms with Gasteiger partial charge in [0.25, 0.3) is 5.91 Å². The highest BCUT2D eigenvalue weighted by molar-refractivity contribution is 5.94. The highest BCUT2D eigenvalue weighted by Crippen LogP contribution is 2.20. The predicted molar refractivity (Wildman–Crippen MR) is 105 cm³/mol. The molecule has 0 radical (unpaired) electrons. The molecule has 0 fully saturated rings. The maximum atomic E-state index is 12.1. The van der Waals surface area contributed by atoms with Gasteiger partial charge in [0.1, 0.15) is 5.75 Å². The number of carbonyl (C=O) groups excluding carboxylic acids is 1. The molecule has 0 saturated heterocycles. The van der Waals surface area contributed by atoms with Gasteiger partial charge in [0.2, 0.25) is 0 Å². The average molecular weight is 392 g/mol. The minimum atomic E-state index is -2.90. The van der Waals surface area contributed by atoms with Crippen LogP contribution in [0.2, 0.25) is 0 Å². The maximum absolute atomic E-state index is 12.1. The Balaban J connectivity index is 1.74. The summed E-state index contributed by atoms with van der Waals surface area (Å²) in [5.74, 6) is -0.336. The number of aliphatic hydroxyl groups is 1. The molecule has 1 unspecified atom stereocenters. The molecule has 2 rings (SSSR count). The summed E-state index contributed by atoms with van der Waals surface area (Å²) >= 11 is 0. The van der Waals surface area contributed by atoms with Crippen LogP contribution in [0.1, 0.15) is 23.2 Å². The lowest BCUT2D eigenvalue weighted by Crippen LogP contribution is -2.38. The predicted octanol–water partition coefficient (Wildman–Crippen LogP) is 3.14. The molecule has 5 nitrogen and oxygen atoms in total. The van der Waals surface area contributed by atoms with E-state index >= 15 is 0 Å². The zero-order valence-electron chi connectivity index (χ0n) is 15.7. The van der Waals surface area contributed by atoms with E-state index in [4.69, 9.17) is 0 Å². The van der Waals surface area contributed by atoms with E-state index in [1.807, 2.05) is 12.2 Å². The molecule has 0 aliphatic carbocycles. The summed E-state index contributed by atoms with van der Waals surface area (Å²) in [4.78, 5) is 14.2. The van der Waals surface area contributed by atoms with Crippen LogP contribution in [-0.4, -0.2) is 54.8 Å². The Hall–Kier alpha value is -2.51. The number of benzene rings is 1. The van der Waals surface area contributed by atoms with Crippen molar-refractivity contribution in [3.63, 3.8) is 0 Å². The summed E-state index contributed by atoms with van der Waals surface area (Å²) < 4.78 is 28.5. The average Bonchev–Trinajstić information content (AvgIpc) is 2.67. The first-order valence-electron chi connectivity index (χ1n) is 9.13. The van der Waals surface area contributed by atoms with Crippen molar-refractivity contribution >= 4 is 5.91 Å². The molecular formula is C21H26F2N2O3. The van der Waals surface area contributed by atoms with Crippen LogP contribution < -0.4 is 10.1 Å². The van der Waals surface area contributed by atoms with Crippen molar-refractivity contribution in [2.24, 2.45) is 0 Å². The summed E-state index contributed by atoms with van der Waals surface area (Å²) in [7, 11) is 0. The molecule has 152 valence electrons. The Morgan fingerprint density at radius 1 is 1.25 bits per heavy atom. The number of nitrogens with one attached hydrogen (secondary N) is 1. The van der Waals surface area contributed by atoms with Crippen molar-refractivity contribution in [3.8, 4) is 5.75 Å². The minimum Gasteiger partial charge on any atom is -0.435 e. The van der Waals surface area contributed by atoms with Crippen LogP contribution in [0.25, 0.3) is 0 Å². The first kappa shape index (κ1) is 21.8. The summed E-state index contributed by atoms with van der Waals surface area (Å²) in [6.07, 6.45) is 4.40. The lowest BCUT2D eigenvalue weighted by molar-refractivity contribution is -0.0498. The minimum absolute atomic E-state index is 0.00365. The highest BCUT2D eigenvalue weighted by atomic mass is 19.3. The Labute approximate surface area is 164 Å². The van der Waals surface area contributed by atoms with E-state index in [9.17, 15) is 18.7 Å². The van der Waals surface area contributed by atoms with Crippen LogP contribution in [0, 0.1) is 0 Å². The van der Waals surface area contributed by atoms with Crippen LogP contribution in [0.15, 0.2) is 60.7 Å². The molecule has 1 atom stereocenters. The van der Waals surface area contributed by atoms with Crippen molar-refractivity contribution < 1.29 is 23.4 Å². The van der Waals surface area contributed by atoms with Crippen LogP contribution in [0.5, 0.6) is 5.75 Å². The summed E-state index contributed by atoms with van der Waals surface area (Å²) in [5, 5.41) is 13.0. The lowest BCUT2D eigenvalue weighted by Gasteiger charge is -2.30. The standard InChI is InChI=1S/C21H26F2N2O3/c1-3-15-10-12-25(13-16(15)4-2)14-18(26)9-11-24-20(27)17-5-7-19(8-6-17)28-21(22)23/h3-8,18,21,26H,1-2,9-14H2,(H,24,27). The quantitative estimate of drug-likeness (QED) is 0.642. The van der Waals surface area contributed by atoms with Crippen LogP contribution in [0.4, 0.5) is 8.78 Å². The number of carbonyl (C=O) groups is 1. The van der Waals surface area contributed by atoms with Gasteiger partial charge in [0.15, 0.2) is 0 Å².